The van der Waals surface area contributed by atoms with E-state index in [1.165, 1.54) is 12.4 Å². The van der Waals surface area contributed by atoms with Crippen LogP contribution in [-0.4, -0.2) is 19.9 Å². The van der Waals surface area contributed by atoms with Crippen molar-refractivity contribution in [2.75, 3.05) is 5.32 Å². The molecule has 0 spiro atoms. The van der Waals surface area contributed by atoms with Crippen LogP contribution in [0.15, 0.2) is 41.5 Å². The number of fused-ring (bicyclic) bond motifs is 1. The largest absolute Gasteiger partial charge is 0.423 e. The molecule has 0 atom stereocenters. The molecule has 0 amide bonds. The predicted octanol–water partition coefficient (Wildman–Crippen LogP) is 2.60. The van der Waals surface area contributed by atoms with E-state index >= 15 is 0 Å². The quantitative estimate of drug-likeness (QED) is 0.726. The second-order valence-electron chi connectivity index (χ2n) is 4.85. The van der Waals surface area contributed by atoms with Crippen molar-refractivity contribution >= 4 is 28.3 Å². The fourth-order valence-electron chi connectivity index (χ4n) is 2.28. The van der Waals surface area contributed by atoms with Crippen molar-refractivity contribution < 1.29 is 5.21 Å². The smallest absolute Gasteiger partial charge is 0.286 e. The Kier molecular flexibility index (Phi) is 3.68. The number of nitrogens with one attached hydrogen (secondary N) is 1. The summed E-state index contributed by atoms with van der Waals surface area (Å²) in [5, 5.41) is 14.2. The highest BCUT2D eigenvalue weighted by molar-refractivity contribution is 6.30. The van der Waals surface area contributed by atoms with Crippen LogP contribution in [0.2, 0.25) is 5.02 Å². The molecule has 2 N–H and O–H groups in total. The molecular formula is C15H13ClN4O2. The van der Waals surface area contributed by atoms with Gasteiger partial charge in [0.2, 0.25) is 0 Å². The maximum Gasteiger partial charge on any atom is 0.286 e. The van der Waals surface area contributed by atoms with Crippen molar-refractivity contribution in [1.82, 2.24) is 14.7 Å². The monoisotopic (exact) mass is 316 g/mol. The number of aryl methyl sites for hydroxylation is 1. The minimum absolute atomic E-state index is 0.175. The lowest BCUT2D eigenvalue weighted by atomic mass is 10.2. The third-order valence-electron chi connectivity index (χ3n) is 3.34. The summed E-state index contributed by atoms with van der Waals surface area (Å²) in [4.78, 5) is 19.9. The second-order valence-corrected chi connectivity index (χ2v) is 5.29. The fourth-order valence-corrected chi connectivity index (χ4v) is 2.49. The van der Waals surface area contributed by atoms with E-state index in [2.05, 4.69) is 15.3 Å². The number of nitrogens with zero attached hydrogens (tertiary/aromatic N) is 3. The van der Waals surface area contributed by atoms with Crippen molar-refractivity contribution in [3.05, 3.63) is 63.3 Å². The van der Waals surface area contributed by atoms with Crippen molar-refractivity contribution in [1.29, 1.82) is 0 Å². The molecule has 3 aromatic rings. The van der Waals surface area contributed by atoms with Crippen molar-refractivity contribution in [3.8, 4) is 0 Å². The maximum absolute atomic E-state index is 11.8. The van der Waals surface area contributed by atoms with Gasteiger partial charge in [-0.05, 0) is 24.6 Å². The summed E-state index contributed by atoms with van der Waals surface area (Å²) in [5.41, 5.74) is 1.83. The van der Waals surface area contributed by atoms with E-state index in [1.54, 1.807) is 13.0 Å². The lowest BCUT2D eigenvalue weighted by molar-refractivity contribution is 0.186. The van der Waals surface area contributed by atoms with Crippen molar-refractivity contribution in [2.24, 2.45) is 0 Å². The normalized spacial score (nSPS) is 10.8. The van der Waals surface area contributed by atoms with Crippen LogP contribution >= 0.6 is 11.6 Å². The van der Waals surface area contributed by atoms with Gasteiger partial charge in [0.1, 0.15) is 6.33 Å². The summed E-state index contributed by atoms with van der Waals surface area (Å²) in [7, 11) is 0. The molecule has 112 valence electrons. The molecule has 2 heterocycles. The summed E-state index contributed by atoms with van der Waals surface area (Å²) >= 11 is 5.96. The number of hydrogen-bond acceptors (Lipinski definition) is 5. The third kappa shape index (κ3) is 2.60. The highest BCUT2D eigenvalue weighted by Gasteiger charge is 2.12. The molecule has 3 rings (SSSR count). The first kappa shape index (κ1) is 14.3. The van der Waals surface area contributed by atoms with Gasteiger partial charge in [0.25, 0.3) is 5.56 Å². The summed E-state index contributed by atoms with van der Waals surface area (Å²) in [6, 6.07) is 8.75. The van der Waals surface area contributed by atoms with Gasteiger partial charge in [0.15, 0.2) is 5.65 Å². The van der Waals surface area contributed by atoms with Crippen molar-refractivity contribution in [2.45, 2.75) is 13.5 Å². The van der Waals surface area contributed by atoms with Gasteiger partial charge in [-0.2, -0.15) is 0 Å². The van der Waals surface area contributed by atoms with Gasteiger partial charge in [0, 0.05) is 17.6 Å². The number of hydrogen-bond donors (Lipinski definition) is 2. The fraction of sp³-hybridized carbons (Fsp3) is 0.133. The summed E-state index contributed by atoms with van der Waals surface area (Å²) in [6.45, 7) is 2.28. The summed E-state index contributed by atoms with van der Waals surface area (Å²) in [5.74, 6) is 0. The Morgan fingerprint density at radius 2 is 2.14 bits per heavy atom. The molecule has 6 nitrogen and oxygen atoms in total. The molecule has 0 saturated carbocycles. The molecular weight excluding hydrogens is 304 g/mol. The number of halogens is 1. The SMILES string of the molecule is Cc1ncnc2c1c(NCc1cccc(Cl)c1)cc(=O)n2O. The Balaban J connectivity index is 2.04. The van der Waals surface area contributed by atoms with E-state index in [-0.39, 0.29) is 5.65 Å². The first-order valence-electron chi connectivity index (χ1n) is 6.61. The maximum atomic E-state index is 11.8. The molecule has 0 aliphatic rings. The van der Waals surface area contributed by atoms with Crippen molar-refractivity contribution in [3.63, 3.8) is 0 Å². The van der Waals surface area contributed by atoms with E-state index in [9.17, 15) is 10.0 Å². The molecule has 0 aliphatic carbocycles. The van der Waals surface area contributed by atoms with Gasteiger partial charge >= 0.3 is 0 Å². The summed E-state index contributed by atoms with van der Waals surface area (Å²) < 4.78 is 0.522. The predicted molar refractivity (Wildman–Crippen MR) is 84.5 cm³/mol. The molecule has 0 bridgehead atoms. The lowest BCUT2D eigenvalue weighted by Gasteiger charge is -2.12. The number of rotatable bonds is 3. The Bertz CT molecular complexity index is 908. The van der Waals surface area contributed by atoms with Gasteiger partial charge in [-0.15, -0.1) is 4.73 Å². The Morgan fingerprint density at radius 1 is 1.32 bits per heavy atom. The van der Waals surface area contributed by atoms with Crippen LogP contribution in [0.3, 0.4) is 0 Å². The number of pyridine rings is 1. The molecule has 0 fully saturated rings. The first-order chi connectivity index (χ1) is 10.6. The van der Waals surface area contributed by atoms with E-state index in [1.807, 2.05) is 18.2 Å². The second kappa shape index (κ2) is 5.65. The zero-order valence-electron chi connectivity index (χ0n) is 11.7. The number of anilines is 1. The average Bonchev–Trinajstić information content (AvgIpc) is 2.50. The molecule has 2 aromatic heterocycles. The molecule has 0 saturated heterocycles. The minimum Gasteiger partial charge on any atom is -0.423 e. The molecule has 7 heteroatoms. The van der Waals surface area contributed by atoms with Crippen LogP contribution in [0.25, 0.3) is 11.0 Å². The van der Waals surface area contributed by atoms with Gasteiger partial charge in [-0.3, -0.25) is 4.79 Å². The van der Waals surface area contributed by atoms with Gasteiger partial charge in [-0.1, -0.05) is 23.7 Å². The zero-order valence-corrected chi connectivity index (χ0v) is 12.5. The molecule has 0 unspecified atom stereocenters. The molecule has 1 aromatic carbocycles. The van der Waals surface area contributed by atoms with Gasteiger partial charge < -0.3 is 10.5 Å². The van der Waals surface area contributed by atoms with Crippen LogP contribution in [0.4, 0.5) is 5.69 Å². The van der Waals surface area contributed by atoms with Crippen LogP contribution < -0.4 is 10.9 Å². The van der Waals surface area contributed by atoms with Crippen LogP contribution in [0.1, 0.15) is 11.3 Å². The van der Waals surface area contributed by atoms with E-state index in [4.69, 9.17) is 11.6 Å². The van der Waals surface area contributed by atoms with Crippen LogP contribution in [0, 0.1) is 6.92 Å². The van der Waals surface area contributed by atoms with Crippen LogP contribution in [-0.2, 0) is 6.54 Å². The summed E-state index contributed by atoms with van der Waals surface area (Å²) in [6.07, 6.45) is 1.31. The van der Waals surface area contributed by atoms with Gasteiger partial charge in [-0.25, -0.2) is 9.97 Å². The average molecular weight is 317 g/mol. The minimum atomic E-state index is -0.556. The van der Waals surface area contributed by atoms with Crippen LogP contribution in [0.5, 0.6) is 0 Å². The Labute approximate surface area is 131 Å². The third-order valence-corrected chi connectivity index (χ3v) is 3.57. The van der Waals surface area contributed by atoms with E-state index in [0.717, 1.165) is 5.56 Å². The Morgan fingerprint density at radius 3 is 2.91 bits per heavy atom. The zero-order chi connectivity index (χ0) is 15.7. The van der Waals surface area contributed by atoms with Gasteiger partial charge in [0.05, 0.1) is 16.8 Å². The highest BCUT2D eigenvalue weighted by Crippen LogP contribution is 2.22. The number of benzene rings is 1. The standard InChI is InChI=1S/C15H13ClN4O2/c1-9-14-12(17-7-10-3-2-4-11(16)5-10)6-13(21)20(22)15(14)19-8-18-9/h2-6,8,17,22H,7H2,1H3. The first-order valence-corrected chi connectivity index (χ1v) is 6.99. The highest BCUT2D eigenvalue weighted by atomic mass is 35.5. The molecule has 0 radical (unpaired) electrons. The molecule has 0 aliphatic heterocycles. The lowest BCUT2D eigenvalue weighted by Crippen LogP contribution is -2.20. The number of aromatic nitrogens is 3. The van der Waals surface area contributed by atoms with E-state index in [0.29, 0.717) is 33.1 Å². The topological polar surface area (TPSA) is 80.0 Å². The Hall–Kier alpha value is -2.60. The van der Waals surface area contributed by atoms with E-state index < -0.39 is 5.56 Å². The molecule has 22 heavy (non-hydrogen) atoms.